The number of benzene rings is 1. The normalized spacial score (nSPS) is 7.75. The first kappa shape index (κ1) is 14.8. The second kappa shape index (κ2) is 6.76. The number of carbonyl (C=O) groups excluding carboxylic acids is 1. The van der Waals surface area contributed by atoms with Gasteiger partial charge in [0, 0.05) is 0 Å². The summed E-state index contributed by atoms with van der Waals surface area (Å²) in [6, 6.07) is 4.98. The summed E-state index contributed by atoms with van der Waals surface area (Å²) in [4.78, 5) is 10.3. The first-order chi connectivity index (χ1) is 4.75. The maximum atomic E-state index is 10.3. The third-order valence-electron chi connectivity index (χ3n) is 1.42. The van der Waals surface area contributed by atoms with Crippen molar-refractivity contribution in [2.24, 2.45) is 0 Å². The number of phenolic OH excluding ortho intramolecular Hbond substituents is 1. The van der Waals surface area contributed by atoms with Gasteiger partial charge in [0.2, 0.25) is 0 Å². The topological polar surface area (TPSA) is 67.3 Å². The SMILES string of the molecule is Cc1cccc(O)c1C=O.[K+].[OH-]. The van der Waals surface area contributed by atoms with Gasteiger partial charge in [-0.3, -0.25) is 4.79 Å². The van der Waals surface area contributed by atoms with Crippen molar-refractivity contribution in [3.8, 4) is 5.75 Å². The van der Waals surface area contributed by atoms with Crippen LogP contribution in [0.2, 0.25) is 0 Å². The maximum Gasteiger partial charge on any atom is 1.00 e. The Balaban J connectivity index is 0. The summed E-state index contributed by atoms with van der Waals surface area (Å²) in [5, 5.41) is 9.06. The molecule has 1 aromatic carbocycles. The van der Waals surface area contributed by atoms with Gasteiger partial charge in [-0.15, -0.1) is 0 Å². The average molecular weight is 192 g/mol. The molecular weight excluding hydrogens is 183 g/mol. The van der Waals surface area contributed by atoms with Gasteiger partial charge in [-0.1, -0.05) is 12.1 Å². The Labute approximate surface area is 114 Å². The molecule has 0 fully saturated rings. The van der Waals surface area contributed by atoms with Crippen LogP contribution in [0.4, 0.5) is 0 Å². The van der Waals surface area contributed by atoms with E-state index in [0.717, 1.165) is 5.56 Å². The molecule has 0 aliphatic carbocycles. The molecule has 0 radical (unpaired) electrons. The van der Waals surface area contributed by atoms with Crippen LogP contribution in [-0.2, 0) is 0 Å². The zero-order chi connectivity index (χ0) is 7.56. The summed E-state index contributed by atoms with van der Waals surface area (Å²) >= 11 is 0. The summed E-state index contributed by atoms with van der Waals surface area (Å²) in [6.45, 7) is 1.78. The molecule has 0 aliphatic heterocycles. The summed E-state index contributed by atoms with van der Waals surface area (Å²) in [5.41, 5.74) is 1.18. The zero-order valence-corrected chi connectivity index (χ0v) is 10.2. The van der Waals surface area contributed by atoms with E-state index < -0.39 is 0 Å². The van der Waals surface area contributed by atoms with Crippen LogP contribution in [0.15, 0.2) is 18.2 Å². The molecule has 0 saturated carbocycles. The predicted octanol–water partition coefficient (Wildman–Crippen LogP) is -1.66. The van der Waals surface area contributed by atoms with Crippen LogP contribution in [-0.4, -0.2) is 16.9 Å². The molecule has 0 saturated heterocycles. The van der Waals surface area contributed by atoms with Crippen molar-refractivity contribution in [3.05, 3.63) is 29.3 Å². The standard InChI is InChI=1S/C8H8O2.K.H2O/c1-6-3-2-4-8(10)7(6)5-9;;/h2-5,10H,1H3;;1H2/q;+1;/p-1. The minimum atomic E-state index is 0. The van der Waals surface area contributed by atoms with Crippen molar-refractivity contribution in [2.45, 2.75) is 6.92 Å². The quantitative estimate of drug-likeness (QED) is 0.428. The monoisotopic (exact) mass is 192 g/mol. The molecule has 0 aromatic heterocycles. The van der Waals surface area contributed by atoms with Crippen molar-refractivity contribution in [1.82, 2.24) is 0 Å². The van der Waals surface area contributed by atoms with Crippen LogP contribution in [0, 0.1) is 6.92 Å². The number of hydrogen-bond acceptors (Lipinski definition) is 3. The molecule has 1 aromatic rings. The van der Waals surface area contributed by atoms with E-state index in [0.29, 0.717) is 11.8 Å². The summed E-state index contributed by atoms with van der Waals surface area (Å²) in [7, 11) is 0. The molecular formula is C8H9KO3. The van der Waals surface area contributed by atoms with E-state index in [2.05, 4.69) is 0 Å². The Morgan fingerprint density at radius 1 is 1.42 bits per heavy atom. The largest absolute Gasteiger partial charge is 1.00 e. The second-order valence-corrected chi connectivity index (χ2v) is 2.13. The first-order valence-corrected chi connectivity index (χ1v) is 2.99. The van der Waals surface area contributed by atoms with E-state index in [4.69, 9.17) is 5.11 Å². The van der Waals surface area contributed by atoms with Crippen molar-refractivity contribution in [1.29, 1.82) is 0 Å². The molecule has 0 amide bonds. The van der Waals surface area contributed by atoms with Gasteiger partial charge < -0.3 is 10.6 Å². The number of hydrogen-bond donors (Lipinski definition) is 1. The number of carbonyl (C=O) groups is 1. The Kier molecular flexibility index (Phi) is 8.34. The Hall–Kier alpha value is 0.286. The van der Waals surface area contributed by atoms with E-state index in [1.807, 2.05) is 0 Å². The molecule has 0 atom stereocenters. The average Bonchev–Trinajstić information content (AvgIpc) is 1.88. The second-order valence-electron chi connectivity index (χ2n) is 2.13. The van der Waals surface area contributed by atoms with Crippen LogP contribution < -0.4 is 51.4 Å². The molecule has 0 unspecified atom stereocenters. The summed E-state index contributed by atoms with van der Waals surface area (Å²) in [5.74, 6) is 0.0509. The summed E-state index contributed by atoms with van der Waals surface area (Å²) < 4.78 is 0. The Morgan fingerprint density at radius 3 is 2.33 bits per heavy atom. The number of aryl methyl sites for hydroxylation is 1. The van der Waals surface area contributed by atoms with Crippen molar-refractivity contribution in [2.75, 3.05) is 0 Å². The smallest absolute Gasteiger partial charge is 0.870 e. The van der Waals surface area contributed by atoms with Crippen molar-refractivity contribution < 1.29 is 66.8 Å². The van der Waals surface area contributed by atoms with Gasteiger partial charge in [0.05, 0.1) is 5.56 Å². The Bertz CT molecular complexity index is 240. The van der Waals surface area contributed by atoms with Crippen LogP contribution in [0.3, 0.4) is 0 Å². The fourth-order valence-corrected chi connectivity index (χ4v) is 0.818. The predicted molar refractivity (Wildman–Crippen MR) is 40.2 cm³/mol. The number of rotatable bonds is 1. The van der Waals surface area contributed by atoms with Gasteiger partial charge in [-0.05, 0) is 18.6 Å². The molecule has 0 bridgehead atoms. The number of aromatic hydroxyl groups is 1. The van der Waals surface area contributed by atoms with Gasteiger partial charge in [0.1, 0.15) is 5.75 Å². The van der Waals surface area contributed by atoms with E-state index in [1.54, 1.807) is 19.1 Å². The first-order valence-electron chi connectivity index (χ1n) is 2.99. The van der Waals surface area contributed by atoms with Crippen LogP contribution >= 0.6 is 0 Å². The minimum Gasteiger partial charge on any atom is -0.870 e. The van der Waals surface area contributed by atoms with E-state index >= 15 is 0 Å². The molecule has 12 heavy (non-hydrogen) atoms. The fraction of sp³-hybridized carbons (Fsp3) is 0.125. The van der Waals surface area contributed by atoms with E-state index in [9.17, 15) is 4.79 Å². The van der Waals surface area contributed by atoms with E-state index in [-0.39, 0.29) is 62.6 Å². The third kappa shape index (κ3) is 3.34. The van der Waals surface area contributed by atoms with Gasteiger partial charge in [-0.25, -0.2) is 0 Å². The zero-order valence-electron chi connectivity index (χ0n) is 7.11. The molecule has 60 valence electrons. The maximum absolute atomic E-state index is 10.3. The number of aldehydes is 1. The molecule has 0 heterocycles. The summed E-state index contributed by atoms with van der Waals surface area (Å²) in [6.07, 6.45) is 0.657. The van der Waals surface area contributed by atoms with Crippen molar-refractivity contribution >= 4 is 6.29 Å². The van der Waals surface area contributed by atoms with Crippen LogP contribution in [0.1, 0.15) is 15.9 Å². The van der Waals surface area contributed by atoms with Gasteiger partial charge in [0.25, 0.3) is 0 Å². The Morgan fingerprint density at radius 2 is 2.00 bits per heavy atom. The van der Waals surface area contributed by atoms with Gasteiger partial charge in [-0.2, -0.15) is 0 Å². The van der Waals surface area contributed by atoms with Crippen LogP contribution in [0.5, 0.6) is 5.75 Å². The van der Waals surface area contributed by atoms with Gasteiger partial charge >= 0.3 is 51.4 Å². The minimum absolute atomic E-state index is 0. The molecule has 0 spiro atoms. The molecule has 3 nitrogen and oxygen atoms in total. The molecule has 2 N–H and O–H groups in total. The van der Waals surface area contributed by atoms with E-state index in [1.165, 1.54) is 6.07 Å². The van der Waals surface area contributed by atoms with Crippen LogP contribution in [0.25, 0.3) is 0 Å². The number of phenols is 1. The molecule has 0 aliphatic rings. The van der Waals surface area contributed by atoms with Crippen molar-refractivity contribution in [3.63, 3.8) is 0 Å². The molecule has 4 heteroatoms. The fourth-order valence-electron chi connectivity index (χ4n) is 0.818. The van der Waals surface area contributed by atoms with Gasteiger partial charge in [0.15, 0.2) is 6.29 Å². The molecule has 1 rings (SSSR count). The third-order valence-corrected chi connectivity index (χ3v) is 1.42.